The second-order valence-corrected chi connectivity index (χ2v) is 19.1. The Morgan fingerprint density at radius 2 is 1.58 bits per heavy atom. The molecule has 4 saturated heterocycles. The maximum Gasteiger partial charge on any atom is 0.301 e. The number of ketones is 1. The van der Waals surface area contributed by atoms with Crippen LogP contribution < -0.4 is 29.9 Å². The van der Waals surface area contributed by atoms with Crippen LogP contribution in [0.15, 0.2) is 73.1 Å². The quantitative estimate of drug-likeness (QED) is 0.0917. The summed E-state index contributed by atoms with van der Waals surface area (Å²) in [5.41, 5.74) is 2.55. The highest BCUT2D eigenvalue weighted by Gasteiger charge is 2.34. The van der Waals surface area contributed by atoms with Gasteiger partial charge in [-0.3, -0.25) is 34.1 Å². The number of hydrogen-bond acceptors (Lipinski definition) is 11. The van der Waals surface area contributed by atoms with E-state index in [1.807, 2.05) is 41.1 Å². The number of fused-ring (bicyclic) bond motifs is 1. The number of imide groups is 1. The fraction of sp³-hybridized carbons (Fsp3) is 0.383. The molecule has 0 unspecified atom stereocenters. The highest BCUT2D eigenvalue weighted by molar-refractivity contribution is 7.90. The van der Waals surface area contributed by atoms with E-state index in [2.05, 4.69) is 35.3 Å². The number of piperidine rings is 2. The lowest BCUT2D eigenvalue weighted by Crippen LogP contribution is -2.52. The number of nitrogens with zero attached hydrogens (tertiary/aromatic N) is 5. The molecule has 4 aliphatic rings. The van der Waals surface area contributed by atoms with Gasteiger partial charge in [0.25, 0.3) is 5.91 Å². The Labute approximate surface area is 385 Å². The zero-order chi connectivity index (χ0) is 47.0. The molecule has 5 aromatic rings. The molecule has 4 aliphatic heterocycles. The Balaban J connectivity index is 0.778. The van der Waals surface area contributed by atoms with Crippen LogP contribution in [0.2, 0.25) is 0 Å². The van der Waals surface area contributed by atoms with Gasteiger partial charge in [0.05, 0.1) is 23.9 Å². The zero-order valence-electron chi connectivity index (χ0n) is 36.7. The number of aromatic amines is 1. The van der Waals surface area contributed by atoms with E-state index in [4.69, 9.17) is 4.74 Å². The number of rotatable bonds is 13. The summed E-state index contributed by atoms with van der Waals surface area (Å²) in [5, 5.41) is 5.30. The Kier molecular flexibility index (Phi) is 12.9. The Morgan fingerprint density at radius 1 is 0.851 bits per heavy atom. The number of alkyl halides is 1. The van der Waals surface area contributed by atoms with E-state index in [-0.39, 0.29) is 43.8 Å². The molecule has 0 bridgehead atoms. The summed E-state index contributed by atoms with van der Waals surface area (Å²) in [6, 6.07) is 16.1. The number of aromatic nitrogens is 2. The maximum absolute atomic E-state index is 15.8. The number of hydrogen-bond donors (Lipinski definition) is 4. The minimum absolute atomic E-state index is 0.00104. The minimum Gasteiger partial charge on any atom is -0.496 e. The molecule has 16 nitrogen and oxygen atoms in total. The summed E-state index contributed by atoms with van der Waals surface area (Å²) >= 11 is 0. The third-order valence-electron chi connectivity index (χ3n) is 13.2. The van der Waals surface area contributed by atoms with Gasteiger partial charge in [-0.2, -0.15) is 12.7 Å². The summed E-state index contributed by atoms with van der Waals surface area (Å²) in [4.78, 5) is 65.0. The number of anilines is 3. The van der Waals surface area contributed by atoms with E-state index in [1.54, 1.807) is 18.3 Å². The number of halogens is 3. The van der Waals surface area contributed by atoms with E-state index in [0.29, 0.717) is 33.8 Å². The number of ether oxygens (including phenoxy) is 1. The van der Waals surface area contributed by atoms with E-state index < -0.39 is 62.9 Å². The molecular weight excluding hydrogens is 892 g/mol. The normalized spacial score (nSPS) is 20.0. The standard InChI is InChI=1S/C47H50F3N9O7S/c1-66-40-23-33(6-7-34(40)46(62)53-39-10-11-41(60)54-47(39)63)58-20-18-56(19-21-58)26-28-12-15-57(16-13-28)32-4-2-29(3-5-32)30-22-35-36(25-52-45(35)51-24-30)44(61)42-37(49)8-9-38(43(42)50)55-67(64,65)59-17-14-31(48)27-59/h2-9,22-25,28,31,39,55H,10-21,26-27H2,1H3,(H,51,52)(H,53,62)(H,54,60,63)/t31-,39+/m1/s1. The van der Waals surface area contributed by atoms with Crippen LogP contribution in [0.4, 0.5) is 30.2 Å². The molecule has 4 fully saturated rings. The van der Waals surface area contributed by atoms with E-state index in [0.717, 1.165) is 92.0 Å². The van der Waals surface area contributed by atoms with Crippen LogP contribution >= 0.6 is 0 Å². The van der Waals surface area contributed by atoms with Crippen molar-refractivity contribution in [2.45, 2.75) is 44.3 Å². The first-order chi connectivity index (χ1) is 32.2. The van der Waals surface area contributed by atoms with Crippen molar-refractivity contribution >= 4 is 61.8 Å². The van der Waals surface area contributed by atoms with Crippen molar-refractivity contribution in [2.75, 3.05) is 80.5 Å². The fourth-order valence-electron chi connectivity index (χ4n) is 9.36. The molecule has 4 N–H and O–H groups in total. The first-order valence-electron chi connectivity index (χ1n) is 22.3. The van der Waals surface area contributed by atoms with Crippen LogP contribution in [-0.4, -0.2) is 129 Å². The number of carbonyl (C=O) groups is 4. The lowest BCUT2D eigenvalue weighted by atomic mass is 9.95. The SMILES string of the molecule is COc1cc(N2CCN(CC3CCN(c4ccc(-c5cnc6[nH]cc(C(=O)c7c(F)ccc(NS(=O)(=O)N8CC[C@@H](F)C8)c7F)c6c5)cc4)CC3)CC2)ccc1C(=O)N[C@H]1CCC(=O)NC1=O. The number of nitrogens with one attached hydrogen (secondary N) is 4. The van der Waals surface area contributed by atoms with Gasteiger partial charge in [0.15, 0.2) is 5.82 Å². The van der Waals surface area contributed by atoms with Gasteiger partial charge in [0.1, 0.15) is 29.4 Å². The number of amides is 3. The van der Waals surface area contributed by atoms with Crippen molar-refractivity contribution in [2.24, 2.45) is 5.92 Å². The Hall–Kier alpha value is -6.51. The van der Waals surface area contributed by atoms with Gasteiger partial charge in [0.2, 0.25) is 17.6 Å². The summed E-state index contributed by atoms with van der Waals surface area (Å²) in [6.45, 7) is 5.76. The number of carbonyl (C=O) groups excluding carboxylic acids is 4. The molecule has 0 radical (unpaired) electrons. The molecular formula is C47H50F3N9O7S. The smallest absolute Gasteiger partial charge is 0.301 e. The van der Waals surface area contributed by atoms with Crippen LogP contribution in [-0.2, 0) is 19.8 Å². The van der Waals surface area contributed by atoms with E-state index >= 15 is 8.78 Å². The van der Waals surface area contributed by atoms with Gasteiger partial charge < -0.3 is 24.8 Å². The molecule has 9 rings (SSSR count). The van der Waals surface area contributed by atoms with Crippen LogP contribution in [0, 0.1) is 17.6 Å². The minimum atomic E-state index is -4.36. The van der Waals surface area contributed by atoms with E-state index in [9.17, 15) is 32.0 Å². The first kappa shape index (κ1) is 45.6. The third kappa shape index (κ3) is 9.68. The molecule has 0 spiro atoms. The Bertz CT molecular complexity index is 2830. The third-order valence-corrected chi connectivity index (χ3v) is 14.7. The average molecular weight is 942 g/mol. The summed E-state index contributed by atoms with van der Waals surface area (Å²) in [7, 11) is -2.85. The monoisotopic (exact) mass is 941 g/mol. The molecule has 0 saturated carbocycles. The van der Waals surface area contributed by atoms with Crippen LogP contribution in [0.3, 0.4) is 0 Å². The number of piperazine rings is 1. The zero-order valence-corrected chi connectivity index (χ0v) is 37.5. The van der Waals surface area contributed by atoms with E-state index in [1.165, 1.54) is 13.3 Å². The summed E-state index contributed by atoms with van der Waals surface area (Å²) in [5.74, 6) is -3.90. The van der Waals surface area contributed by atoms with Crippen LogP contribution in [0.25, 0.3) is 22.2 Å². The number of pyridine rings is 1. The first-order valence-corrected chi connectivity index (χ1v) is 23.8. The highest BCUT2D eigenvalue weighted by Crippen LogP contribution is 2.33. The lowest BCUT2D eigenvalue weighted by molar-refractivity contribution is -0.134. The molecule has 6 heterocycles. The molecule has 2 aromatic heterocycles. The van der Waals surface area contributed by atoms with Crippen molar-refractivity contribution in [3.8, 4) is 16.9 Å². The fourth-order valence-corrected chi connectivity index (χ4v) is 10.6. The highest BCUT2D eigenvalue weighted by atomic mass is 32.2. The number of benzene rings is 3. The molecule has 67 heavy (non-hydrogen) atoms. The Morgan fingerprint density at radius 3 is 2.28 bits per heavy atom. The predicted octanol–water partition coefficient (Wildman–Crippen LogP) is 5.02. The van der Waals surface area contributed by atoms with Crippen LogP contribution in [0.5, 0.6) is 5.75 Å². The van der Waals surface area contributed by atoms with Gasteiger partial charge in [0, 0.05) is 112 Å². The van der Waals surface area contributed by atoms with Gasteiger partial charge in [-0.05, 0) is 79.6 Å². The van der Waals surface area contributed by atoms with Crippen LogP contribution in [0.1, 0.15) is 58.4 Å². The maximum atomic E-state index is 15.8. The molecule has 3 aromatic carbocycles. The van der Waals surface area contributed by atoms with Crippen molar-refractivity contribution in [1.82, 2.24) is 29.8 Å². The summed E-state index contributed by atoms with van der Waals surface area (Å²) in [6.07, 6.45) is 4.11. The van der Waals surface area contributed by atoms with Gasteiger partial charge in [-0.15, -0.1) is 0 Å². The van der Waals surface area contributed by atoms with Crippen molar-refractivity contribution in [1.29, 1.82) is 0 Å². The molecule has 20 heteroatoms. The van der Waals surface area contributed by atoms with Gasteiger partial charge in [-0.1, -0.05) is 12.1 Å². The molecule has 0 aliphatic carbocycles. The van der Waals surface area contributed by atoms with Crippen molar-refractivity contribution in [3.05, 3.63) is 101 Å². The second-order valence-electron chi connectivity index (χ2n) is 17.4. The predicted molar refractivity (Wildman–Crippen MR) is 245 cm³/mol. The molecule has 2 atom stereocenters. The van der Waals surface area contributed by atoms with Gasteiger partial charge >= 0.3 is 10.2 Å². The average Bonchev–Trinajstić information content (AvgIpc) is 3.98. The van der Waals surface area contributed by atoms with Gasteiger partial charge in [-0.25, -0.2) is 18.2 Å². The molecule has 3 amide bonds. The van der Waals surface area contributed by atoms with Crippen molar-refractivity contribution in [3.63, 3.8) is 0 Å². The summed E-state index contributed by atoms with van der Waals surface area (Å²) < 4.78 is 78.7. The topological polar surface area (TPSA) is 189 Å². The second kappa shape index (κ2) is 19.0. The number of H-pyrrole nitrogens is 1. The largest absolute Gasteiger partial charge is 0.496 e. The van der Waals surface area contributed by atoms with Crippen molar-refractivity contribution < 1.29 is 45.5 Å². The number of methoxy groups -OCH3 is 1. The lowest BCUT2D eigenvalue weighted by Gasteiger charge is -2.40. The molecule has 352 valence electrons.